The van der Waals surface area contributed by atoms with Gasteiger partial charge >= 0.3 is 6.09 Å². The highest BCUT2D eigenvalue weighted by molar-refractivity contribution is 5.66. The Morgan fingerprint density at radius 3 is 2.43 bits per heavy atom. The minimum atomic E-state index is -0.874. The Kier molecular flexibility index (Phi) is 3.04. The Bertz CT molecular complexity index is 222. The molecule has 0 radical (unpaired) electrons. The van der Waals surface area contributed by atoms with E-state index in [-0.39, 0.29) is 24.0 Å². The monoisotopic (exact) mass is 201 g/mol. The van der Waals surface area contributed by atoms with Crippen molar-refractivity contribution in [2.24, 2.45) is 11.3 Å². The minimum Gasteiger partial charge on any atom is -0.465 e. The first-order chi connectivity index (χ1) is 6.38. The van der Waals surface area contributed by atoms with Crippen LogP contribution in [0.25, 0.3) is 0 Å². The summed E-state index contributed by atoms with van der Waals surface area (Å²) in [6, 6.07) is -0.0648. The highest BCUT2D eigenvalue weighted by Crippen LogP contribution is 2.36. The summed E-state index contributed by atoms with van der Waals surface area (Å²) >= 11 is 0. The third-order valence-corrected chi connectivity index (χ3v) is 2.89. The van der Waals surface area contributed by atoms with Crippen molar-refractivity contribution in [1.29, 1.82) is 0 Å². The Balaban J connectivity index is 2.86. The van der Waals surface area contributed by atoms with Crippen LogP contribution in [0.2, 0.25) is 0 Å². The lowest BCUT2D eigenvalue weighted by atomic mass is 9.80. The molecule has 1 amide bonds. The van der Waals surface area contributed by atoms with Crippen LogP contribution in [-0.4, -0.2) is 40.4 Å². The zero-order valence-corrected chi connectivity index (χ0v) is 9.03. The maximum absolute atomic E-state index is 11.0. The van der Waals surface area contributed by atoms with Gasteiger partial charge in [-0.25, -0.2) is 4.79 Å². The fraction of sp³-hybridized carbons (Fsp3) is 0.900. The Morgan fingerprint density at radius 1 is 1.50 bits per heavy atom. The second-order valence-electron chi connectivity index (χ2n) is 5.02. The number of rotatable bonds is 1. The predicted octanol–water partition coefficient (Wildman–Crippen LogP) is 1.39. The lowest BCUT2D eigenvalue weighted by Crippen LogP contribution is -2.46. The Morgan fingerprint density at radius 2 is 2.07 bits per heavy atom. The highest BCUT2D eigenvalue weighted by atomic mass is 16.4. The number of carbonyl (C=O) groups is 1. The van der Waals surface area contributed by atoms with E-state index in [2.05, 4.69) is 0 Å². The molecule has 0 aliphatic carbocycles. The highest BCUT2D eigenvalue weighted by Gasteiger charge is 2.43. The average molecular weight is 201 g/mol. The van der Waals surface area contributed by atoms with Crippen LogP contribution in [0.15, 0.2) is 0 Å². The maximum atomic E-state index is 11.0. The van der Waals surface area contributed by atoms with Crippen molar-refractivity contribution in [3.05, 3.63) is 0 Å². The summed E-state index contributed by atoms with van der Waals surface area (Å²) in [6.07, 6.45) is -0.106. The summed E-state index contributed by atoms with van der Waals surface area (Å²) in [6.45, 7) is 6.67. The first kappa shape index (κ1) is 11.3. The van der Waals surface area contributed by atoms with E-state index in [9.17, 15) is 9.90 Å². The van der Waals surface area contributed by atoms with Gasteiger partial charge in [0.15, 0.2) is 0 Å². The molecule has 82 valence electrons. The average Bonchev–Trinajstić information content (AvgIpc) is 2.45. The molecular formula is C10H19NO3. The molecule has 1 saturated heterocycles. The fourth-order valence-corrected chi connectivity index (χ4v) is 2.44. The van der Waals surface area contributed by atoms with Gasteiger partial charge in [0.25, 0.3) is 0 Å². The molecule has 1 rings (SSSR count). The van der Waals surface area contributed by atoms with Gasteiger partial charge in [0.05, 0.1) is 0 Å². The number of carboxylic acid groups (broad SMARTS) is 1. The SMILES string of the molecule is CC(C)(C)C1[C@H](CO)CCN1C(=O)O. The third kappa shape index (κ3) is 2.00. The number of aliphatic hydroxyl groups is 1. The topological polar surface area (TPSA) is 60.8 Å². The molecule has 2 atom stereocenters. The quantitative estimate of drug-likeness (QED) is 0.674. The second kappa shape index (κ2) is 3.77. The normalized spacial score (nSPS) is 28.1. The molecule has 0 aromatic carbocycles. The van der Waals surface area contributed by atoms with Gasteiger partial charge in [-0.05, 0) is 11.8 Å². The number of hydrogen-bond donors (Lipinski definition) is 2. The van der Waals surface area contributed by atoms with Gasteiger partial charge in [-0.2, -0.15) is 0 Å². The molecular weight excluding hydrogens is 182 g/mol. The largest absolute Gasteiger partial charge is 0.465 e. The standard InChI is InChI=1S/C10H19NO3/c1-10(2,3)8-7(6-12)4-5-11(8)9(13)14/h7-8,12H,4-6H2,1-3H3,(H,13,14)/t7-,8?/m0/s1. The van der Waals surface area contributed by atoms with Crippen LogP contribution in [0.5, 0.6) is 0 Å². The van der Waals surface area contributed by atoms with Gasteiger partial charge in [0.1, 0.15) is 0 Å². The van der Waals surface area contributed by atoms with Gasteiger partial charge in [0, 0.05) is 25.1 Å². The molecule has 14 heavy (non-hydrogen) atoms. The third-order valence-electron chi connectivity index (χ3n) is 2.89. The summed E-state index contributed by atoms with van der Waals surface area (Å²) < 4.78 is 0. The van der Waals surface area contributed by atoms with E-state index < -0.39 is 6.09 Å². The number of nitrogens with zero attached hydrogens (tertiary/aromatic N) is 1. The van der Waals surface area contributed by atoms with Crippen LogP contribution in [0, 0.1) is 11.3 Å². The van der Waals surface area contributed by atoms with Crippen LogP contribution < -0.4 is 0 Å². The van der Waals surface area contributed by atoms with E-state index in [4.69, 9.17) is 5.11 Å². The fourth-order valence-electron chi connectivity index (χ4n) is 2.44. The summed E-state index contributed by atoms with van der Waals surface area (Å²) in [4.78, 5) is 12.4. The predicted molar refractivity (Wildman–Crippen MR) is 53.2 cm³/mol. The van der Waals surface area contributed by atoms with Crippen LogP contribution in [-0.2, 0) is 0 Å². The Labute approximate surface area is 84.5 Å². The van der Waals surface area contributed by atoms with E-state index in [0.717, 1.165) is 6.42 Å². The molecule has 0 spiro atoms. The van der Waals surface area contributed by atoms with Gasteiger partial charge in [-0.1, -0.05) is 20.8 Å². The van der Waals surface area contributed by atoms with Crippen LogP contribution in [0.1, 0.15) is 27.2 Å². The Hall–Kier alpha value is -0.770. The first-order valence-electron chi connectivity index (χ1n) is 4.98. The van der Waals surface area contributed by atoms with Crippen molar-refractivity contribution >= 4 is 6.09 Å². The van der Waals surface area contributed by atoms with Gasteiger partial charge in [-0.15, -0.1) is 0 Å². The molecule has 4 heteroatoms. The minimum absolute atomic E-state index is 0.0648. The van der Waals surface area contributed by atoms with Gasteiger partial charge in [0.2, 0.25) is 0 Å². The molecule has 4 nitrogen and oxygen atoms in total. The van der Waals surface area contributed by atoms with Crippen LogP contribution in [0.3, 0.4) is 0 Å². The summed E-state index contributed by atoms with van der Waals surface area (Å²) in [5, 5.41) is 18.2. The summed E-state index contributed by atoms with van der Waals surface area (Å²) in [5.74, 6) is 0.0890. The van der Waals surface area contributed by atoms with E-state index in [1.165, 1.54) is 4.90 Å². The van der Waals surface area contributed by atoms with Crippen molar-refractivity contribution in [2.45, 2.75) is 33.2 Å². The van der Waals surface area contributed by atoms with E-state index in [0.29, 0.717) is 6.54 Å². The number of amides is 1. The molecule has 0 aromatic rings. The molecule has 0 aromatic heterocycles. The molecule has 1 fully saturated rings. The molecule has 0 saturated carbocycles. The van der Waals surface area contributed by atoms with Crippen molar-refractivity contribution in [3.8, 4) is 0 Å². The molecule has 1 heterocycles. The van der Waals surface area contributed by atoms with Crippen LogP contribution >= 0.6 is 0 Å². The zero-order valence-electron chi connectivity index (χ0n) is 9.03. The molecule has 0 bridgehead atoms. The van der Waals surface area contributed by atoms with Crippen molar-refractivity contribution in [1.82, 2.24) is 4.90 Å². The van der Waals surface area contributed by atoms with E-state index >= 15 is 0 Å². The smallest absolute Gasteiger partial charge is 0.407 e. The summed E-state index contributed by atoms with van der Waals surface area (Å²) in [7, 11) is 0. The van der Waals surface area contributed by atoms with E-state index in [1.807, 2.05) is 20.8 Å². The molecule has 1 aliphatic rings. The molecule has 2 N–H and O–H groups in total. The van der Waals surface area contributed by atoms with Gasteiger partial charge < -0.3 is 15.1 Å². The summed E-state index contributed by atoms with van der Waals surface area (Å²) in [5.41, 5.74) is -0.109. The lowest BCUT2D eigenvalue weighted by molar-refractivity contribution is 0.0750. The molecule has 1 aliphatic heterocycles. The second-order valence-corrected chi connectivity index (χ2v) is 5.02. The van der Waals surface area contributed by atoms with Crippen molar-refractivity contribution in [3.63, 3.8) is 0 Å². The van der Waals surface area contributed by atoms with Crippen LogP contribution in [0.4, 0.5) is 4.79 Å². The first-order valence-corrected chi connectivity index (χ1v) is 4.98. The number of aliphatic hydroxyl groups excluding tert-OH is 1. The maximum Gasteiger partial charge on any atom is 0.407 e. The lowest BCUT2D eigenvalue weighted by Gasteiger charge is -2.36. The van der Waals surface area contributed by atoms with Crippen molar-refractivity contribution in [2.75, 3.05) is 13.2 Å². The molecule has 1 unspecified atom stereocenters. The van der Waals surface area contributed by atoms with Crippen molar-refractivity contribution < 1.29 is 15.0 Å². The van der Waals surface area contributed by atoms with Gasteiger partial charge in [-0.3, -0.25) is 0 Å². The number of likely N-dealkylation sites (tertiary alicyclic amines) is 1. The number of hydrogen-bond acceptors (Lipinski definition) is 2. The zero-order chi connectivity index (χ0) is 10.9. The van der Waals surface area contributed by atoms with E-state index in [1.54, 1.807) is 0 Å².